The lowest BCUT2D eigenvalue weighted by molar-refractivity contribution is -0.106. The van der Waals surface area contributed by atoms with Crippen LogP contribution in [0, 0.1) is 0 Å². The smallest absolute Gasteiger partial charge is 0.149 e. The van der Waals surface area contributed by atoms with Crippen molar-refractivity contribution in [2.75, 3.05) is 0 Å². The Balaban J connectivity index is 2.35. The minimum Gasteiger partial charge on any atom is -0.495 e. The van der Waals surface area contributed by atoms with Crippen LogP contribution in [-0.4, -0.2) is 11.9 Å². The predicted molar refractivity (Wildman–Crippen MR) is 68.1 cm³/mol. The van der Waals surface area contributed by atoms with Crippen LogP contribution in [0.1, 0.15) is 31.7 Å². The lowest BCUT2D eigenvalue weighted by Crippen LogP contribution is -2.30. The molecule has 1 unspecified atom stereocenters. The Morgan fingerprint density at radius 2 is 2.00 bits per heavy atom. The average molecular weight is 251 g/mol. The molecule has 1 heterocycles. The van der Waals surface area contributed by atoms with Crippen molar-refractivity contribution in [2.24, 2.45) is 0 Å². The van der Waals surface area contributed by atoms with E-state index < -0.39 is 0 Å². The Labute approximate surface area is 106 Å². The molecule has 0 saturated carbocycles. The quantitative estimate of drug-likeness (QED) is 0.748. The molecule has 1 aromatic rings. The normalized spacial score (nSPS) is 22.5. The van der Waals surface area contributed by atoms with Gasteiger partial charge in [0, 0.05) is 16.5 Å². The summed E-state index contributed by atoms with van der Waals surface area (Å²) in [5, 5.41) is 0.705. The van der Waals surface area contributed by atoms with E-state index in [0.717, 1.165) is 18.3 Å². The van der Waals surface area contributed by atoms with Gasteiger partial charge in [0.15, 0.2) is 0 Å². The standard InChI is InChI=1S/C14H15ClO2/c1-14(2)7-13(11(8-16)9-17-14)10-3-5-12(15)6-4-10/h3-6,8-9,13H,7H2,1-2H3. The van der Waals surface area contributed by atoms with Gasteiger partial charge < -0.3 is 4.74 Å². The summed E-state index contributed by atoms with van der Waals surface area (Å²) in [6.45, 7) is 4.04. The molecule has 1 aromatic carbocycles. The molecule has 1 atom stereocenters. The largest absolute Gasteiger partial charge is 0.495 e. The minimum atomic E-state index is -0.239. The first-order valence-corrected chi connectivity index (χ1v) is 5.98. The molecule has 0 N–H and O–H groups in total. The highest BCUT2D eigenvalue weighted by molar-refractivity contribution is 6.30. The summed E-state index contributed by atoms with van der Waals surface area (Å²) < 4.78 is 5.52. The van der Waals surface area contributed by atoms with Crippen LogP contribution in [0.2, 0.25) is 5.02 Å². The maximum absolute atomic E-state index is 11.0. The second-order valence-electron chi connectivity index (χ2n) is 4.92. The van der Waals surface area contributed by atoms with E-state index in [1.165, 1.54) is 0 Å². The summed E-state index contributed by atoms with van der Waals surface area (Å²) in [6, 6.07) is 7.63. The van der Waals surface area contributed by atoms with Crippen molar-refractivity contribution in [3.63, 3.8) is 0 Å². The molecule has 0 aromatic heterocycles. The number of benzene rings is 1. The van der Waals surface area contributed by atoms with Crippen molar-refractivity contribution in [3.8, 4) is 0 Å². The summed E-state index contributed by atoms with van der Waals surface area (Å²) >= 11 is 5.87. The molecule has 0 fully saturated rings. The topological polar surface area (TPSA) is 26.3 Å². The highest BCUT2D eigenvalue weighted by atomic mass is 35.5. The predicted octanol–water partition coefficient (Wildman–Crippen LogP) is 3.71. The highest BCUT2D eigenvalue weighted by Crippen LogP contribution is 2.37. The second kappa shape index (κ2) is 4.53. The molecule has 0 amide bonds. The third-order valence-corrected chi connectivity index (χ3v) is 3.27. The van der Waals surface area contributed by atoms with Gasteiger partial charge in [-0.3, -0.25) is 4.79 Å². The third-order valence-electron chi connectivity index (χ3n) is 3.02. The zero-order valence-corrected chi connectivity index (χ0v) is 10.7. The Bertz CT molecular complexity index is 446. The van der Waals surface area contributed by atoms with Crippen LogP contribution in [0.3, 0.4) is 0 Å². The minimum absolute atomic E-state index is 0.0912. The van der Waals surface area contributed by atoms with Crippen LogP contribution in [0.25, 0.3) is 0 Å². The molecule has 1 aliphatic rings. The zero-order valence-electron chi connectivity index (χ0n) is 9.94. The number of ether oxygens (including phenoxy) is 1. The molecule has 2 nitrogen and oxygen atoms in total. The molecule has 2 rings (SSSR count). The number of rotatable bonds is 2. The summed E-state index contributed by atoms with van der Waals surface area (Å²) in [5.41, 5.74) is 1.55. The van der Waals surface area contributed by atoms with E-state index in [1.807, 2.05) is 38.1 Å². The first-order valence-electron chi connectivity index (χ1n) is 5.60. The molecule has 0 spiro atoms. The van der Waals surface area contributed by atoms with Crippen molar-refractivity contribution in [2.45, 2.75) is 31.8 Å². The number of allylic oxidation sites excluding steroid dienone is 1. The van der Waals surface area contributed by atoms with Gasteiger partial charge in [-0.1, -0.05) is 23.7 Å². The molecular weight excluding hydrogens is 236 g/mol. The Kier molecular flexibility index (Phi) is 3.25. The fourth-order valence-corrected chi connectivity index (χ4v) is 2.21. The van der Waals surface area contributed by atoms with Gasteiger partial charge in [0.05, 0.1) is 6.26 Å². The van der Waals surface area contributed by atoms with Crippen molar-refractivity contribution in [3.05, 3.63) is 46.7 Å². The molecule has 0 saturated heterocycles. The lowest BCUT2D eigenvalue weighted by Gasteiger charge is -2.34. The second-order valence-corrected chi connectivity index (χ2v) is 5.36. The highest BCUT2D eigenvalue weighted by Gasteiger charge is 2.31. The number of halogens is 1. The summed E-state index contributed by atoms with van der Waals surface area (Å²) in [4.78, 5) is 11.0. The summed E-state index contributed by atoms with van der Waals surface area (Å²) in [5.74, 6) is 0.0912. The van der Waals surface area contributed by atoms with E-state index in [4.69, 9.17) is 16.3 Å². The SMILES string of the molecule is CC1(C)CC(c2ccc(Cl)cc2)C(C=O)=CO1. The van der Waals surface area contributed by atoms with Gasteiger partial charge in [0.25, 0.3) is 0 Å². The van der Waals surface area contributed by atoms with E-state index in [-0.39, 0.29) is 11.5 Å². The number of carbonyl (C=O) groups is 1. The zero-order chi connectivity index (χ0) is 12.5. The summed E-state index contributed by atoms with van der Waals surface area (Å²) in [7, 11) is 0. The molecular formula is C14H15ClO2. The Morgan fingerprint density at radius 1 is 1.35 bits per heavy atom. The lowest BCUT2D eigenvalue weighted by atomic mass is 9.82. The van der Waals surface area contributed by atoms with E-state index >= 15 is 0 Å². The number of hydrogen-bond acceptors (Lipinski definition) is 2. The first kappa shape index (κ1) is 12.2. The van der Waals surface area contributed by atoms with Gasteiger partial charge in [-0.05, 0) is 38.0 Å². The number of carbonyl (C=O) groups excluding carboxylic acids is 1. The number of hydrogen-bond donors (Lipinski definition) is 0. The van der Waals surface area contributed by atoms with Crippen molar-refractivity contribution < 1.29 is 9.53 Å². The first-order chi connectivity index (χ1) is 8.02. The fraction of sp³-hybridized carbons (Fsp3) is 0.357. The van der Waals surface area contributed by atoms with Crippen molar-refractivity contribution in [1.29, 1.82) is 0 Å². The van der Waals surface area contributed by atoms with E-state index in [9.17, 15) is 4.79 Å². The molecule has 90 valence electrons. The van der Waals surface area contributed by atoms with Gasteiger partial charge >= 0.3 is 0 Å². The Hall–Kier alpha value is -1.28. The van der Waals surface area contributed by atoms with E-state index in [1.54, 1.807) is 6.26 Å². The Morgan fingerprint density at radius 3 is 2.59 bits per heavy atom. The summed E-state index contributed by atoms with van der Waals surface area (Å²) in [6.07, 6.45) is 3.24. The van der Waals surface area contributed by atoms with Crippen molar-refractivity contribution >= 4 is 17.9 Å². The molecule has 0 radical (unpaired) electrons. The fourth-order valence-electron chi connectivity index (χ4n) is 2.08. The number of aldehydes is 1. The maximum atomic E-state index is 11.0. The van der Waals surface area contributed by atoms with Gasteiger partial charge in [0.2, 0.25) is 0 Å². The van der Waals surface area contributed by atoms with Gasteiger partial charge in [-0.15, -0.1) is 0 Å². The maximum Gasteiger partial charge on any atom is 0.149 e. The van der Waals surface area contributed by atoms with Crippen LogP contribution in [0.4, 0.5) is 0 Å². The van der Waals surface area contributed by atoms with Crippen LogP contribution in [-0.2, 0) is 9.53 Å². The van der Waals surface area contributed by atoms with Crippen LogP contribution >= 0.6 is 11.6 Å². The van der Waals surface area contributed by atoms with Crippen molar-refractivity contribution in [1.82, 2.24) is 0 Å². The van der Waals surface area contributed by atoms with Gasteiger partial charge in [-0.25, -0.2) is 0 Å². The molecule has 17 heavy (non-hydrogen) atoms. The molecule has 3 heteroatoms. The molecule has 0 bridgehead atoms. The average Bonchev–Trinajstić information content (AvgIpc) is 2.29. The van der Waals surface area contributed by atoms with E-state index in [0.29, 0.717) is 10.6 Å². The molecule has 1 aliphatic heterocycles. The van der Waals surface area contributed by atoms with Gasteiger partial charge in [0.1, 0.15) is 11.9 Å². The third kappa shape index (κ3) is 2.70. The van der Waals surface area contributed by atoms with Crippen LogP contribution in [0.5, 0.6) is 0 Å². The van der Waals surface area contributed by atoms with E-state index in [2.05, 4.69) is 0 Å². The van der Waals surface area contributed by atoms with Gasteiger partial charge in [-0.2, -0.15) is 0 Å². The monoisotopic (exact) mass is 250 g/mol. The van der Waals surface area contributed by atoms with Crippen LogP contribution in [0.15, 0.2) is 36.1 Å². The van der Waals surface area contributed by atoms with Crippen LogP contribution < -0.4 is 0 Å². The molecule has 0 aliphatic carbocycles.